The Balaban J connectivity index is 2.92. The van der Waals surface area contributed by atoms with Crippen LogP contribution in [0.3, 0.4) is 0 Å². The van der Waals surface area contributed by atoms with Crippen molar-refractivity contribution in [2.75, 3.05) is 18.5 Å². The molecule has 1 atom stereocenters. The third kappa shape index (κ3) is 3.47. The number of nitrogens with one attached hydrogen (secondary N) is 1. The highest BCUT2D eigenvalue weighted by Crippen LogP contribution is 2.18. The number of rotatable bonds is 6. The zero-order valence-corrected chi connectivity index (χ0v) is 11.4. The van der Waals surface area contributed by atoms with Crippen LogP contribution in [0.25, 0.3) is 0 Å². The fourth-order valence-electron chi connectivity index (χ4n) is 1.96. The Labute approximate surface area is 109 Å². The minimum atomic E-state index is -0.168. The summed E-state index contributed by atoms with van der Waals surface area (Å²) in [4.78, 5) is 13.9. The van der Waals surface area contributed by atoms with Gasteiger partial charge in [0.2, 0.25) is 5.91 Å². The SMILES string of the molecule is CCCN(c1ccc(CN)cc1)C(C)C(=O)NC. The Morgan fingerprint density at radius 1 is 1.39 bits per heavy atom. The largest absolute Gasteiger partial charge is 0.360 e. The van der Waals surface area contributed by atoms with Crippen LogP contribution < -0.4 is 16.0 Å². The van der Waals surface area contributed by atoms with Crippen molar-refractivity contribution in [3.8, 4) is 0 Å². The van der Waals surface area contributed by atoms with E-state index in [0.29, 0.717) is 6.54 Å². The van der Waals surface area contributed by atoms with E-state index in [9.17, 15) is 4.79 Å². The van der Waals surface area contributed by atoms with Crippen molar-refractivity contribution in [3.63, 3.8) is 0 Å². The summed E-state index contributed by atoms with van der Waals surface area (Å²) in [5.41, 5.74) is 7.75. The second kappa shape index (κ2) is 7.01. The van der Waals surface area contributed by atoms with Gasteiger partial charge in [0, 0.05) is 25.8 Å². The van der Waals surface area contributed by atoms with Gasteiger partial charge in [-0.25, -0.2) is 0 Å². The van der Waals surface area contributed by atoms with Crippen LogP contribution in [-0.4, -0.2) is 25.5 Å². The molecule has 1 unspecified atom stereocenters. The smallest absolute Gasteiger partial charge is 0.242 e. The summed E-state index contributed by atoms with van der Waals surface area (Å²) >= 11 is 0. The van der Waals surface area contributed by atoms with Crippen LogP contribution >= 0.6 is 0 Å². The highest BCUT2D eigenvalue weighted by Gasteiger charge is 2.19. The topological polar surface area (TPSA) is 58.4 Å². The number of likely N-dealkylation sites (N-methyl/N-ethyl adjacent to an activating group) is 1. The van der Waals surface area contributed by atoms with Crippen molar-refractivity contribution >= 4 is 11.6 Å². The van der Waals surface area contributed by atoms with Crippen LogP contribution in [0.5, 0.6) is 0 Å². The van der Waals surface area contributed by atoms with E-state index >= 15 is 0 Å². The molecule has 0 spiro atoms. The van der Waals surface area contributed by atoms with E-state index < -0.39 is 0 Å². The van der Waals surface area contributed by atoms with E-state index in [4.69, 9.17) is 5.73 Å². The zero-order valence-electron chi connectivity index (χ0n) is 11.4. The second-order valence-corrected chi connectivity index (χ2v) is 4.35. The summed E-state index contributed by atoms with van der Waals surface area (Å²) in [6.45, 7) is 5.43. The number of hydrogen-bond acceptors (Lipinski definition) is 3. The molecule has 0 aliphatic rings. The van der Waals surface area contributed by atoms with Gasteiger partial charge in [0.05, 0.1) is 0 Å². The van der Waals surface area contributed by atoms with Crippen LogP contribution in [0, 0.1) is 0 Å². The first-order valence-electron chi connectivity index (χ1n) is 6.41. The van der Waals surface area contributed by atoms with Gasteiger partial charge in [0.15, 0.2) is 0 Å². The van der Waals surface area contributed by atoms with E-state index in [1.807, 2.05) is 31.2 Å². The van der Waals surface area contributed by atoms with E-state index in [-0.39, 0.29) is 11.9 Å². The number of carbonyl (C=O) groups excluding carboxylic acids is 1. The molecule has 0 bridgehead atoms. The standard InChI is InChI=1S/C14H23N3O/c1-4-9-17(11(2)14(18)16-3)13-7-5-12(10-15)6-8-13/h5-8,11H,4,9-10,15H2,1-3H3,(H,16,18). The number of hydrogen-bond donors (Lipinski definition) is 2. The molecule has 4 nitrogen and oxygen atoms in total. The number of nitrogens with zero attached hydrogens (tertiary/aromatic N) is 1. The average Bonchev–Trinajstić information content (AvgIpc) is 2.43. The van der Waals surface area contributed by atoms with Crippen LogP contribution in [0.4, 0.5) is 5.69 Å². The van der Waals surface area contributed by atoms with Crippen LogP contribution in [0.2, 0.25) is 0 Å². The molecule has 0 saturated heterocycles. The van der Waals surface area contributed by atoms with Crippen LogP contribution in [-0.2, 0) is 11.3 Å². The first kappa shape index (κ1) is 14.5. The molecule has 0 heterocycles. The number of anilines is 1. The van der Waals surface area contributed by atoms with Crippen molar-refractivity contribution in [1.29, 1.82) is 0 Å². The van der Waals surface area contributed by atoms with Gasteiger partial charge in [0.25, 0.3) is 0 Å². The van der Waals surface area contributed by atoms with Crippen molar-refractivity contribution in [2.24, 2.45) is 5.73 Å². The third-order valence-corrected chi connectivity index (χ3v) is 3.06. The summed E-state index contributed by atoms with van der Waals surface area (Å²) < 4.78 is 0. The molecule has 0 fully saturated rings. The number of nitrogens with two attached hydrogens (primary N) is 1. The molecule has 100 valence electrons. The molecule has 0 aromatic heterocycles. The third-order valence-electron chi connectivity index (χ3n) is 3.06. The Bertz CT molecular complexity index is 375. The highest BCUT2D eigenvalue weighted by atomic mass is 16.2. The molecule has 1 aromatic rings. The molecule has 1 aromatic carbocycles. The number of amides is 1. The molecular weight excluding hydrogens is 226 g/mol. The molecule has 18 heavy (non-hydrogen) atoms. The summed E-state index contributed by atoms with van der Waals surface area (Å²) in [5, 5.41) is 2.70. The molecule has 0 aliphatic heterocycles. The van der Waals surface area contributed by atoms with E-state index in [1.54, 1.807) is 7.05 Å². The van der Waals surface area contributed by atoms with E-state index in [0.717, 1.165) is 24.2 Å². The number of carbonyl (C=O) groups is 1. The first-order chi connectivity index (χ1) is 8.63. The summed E-state index contributed by atoms with van der Waals surface area (Å²) in [6, 6.07) is 7.90. The minimum absolute atomic E-state index is 0.0337. The van der Waals surface area contributed by atoms with Gasteiger partial charge in [-0.2, -0.15) is 0 Å². The van der Waals surface area contributed by atoms with Gasteiger partial charge in [-0.15, -0.1) is 0 Å². The Kier molecular flexibility index (Phi) is 5.65. The van der Waals surface area contributed by atoms with Gasteiger partial charge in [-0.1, -0.05) is 19.1 Å². The lowest BCUT2D eigenvalue weighted by atomic mass is 10.1. The van der Waals surface area contributed by atoms with Crippen molar-refractivity contribution < 1.29 is 4.79 Å². The van der Waals surface area contributed by atoms with E-state index in [1.165, 1.54) is 0 Å². The molecule has 4 heteroatoms. The molecule has 0 aliphatic carbocycles. The average molecular weight is 249 g/mol. The lowest BCUT2D eigenvalue weighted by molar-refractivity contribution is -0.121. The lowest BCUT2D eigenvalue weighted by Gasteiger charge is -2.30. The predicted molar refractivity (Wildman–Crippen MR) is 75.5 cm³/mol. The summed E-state index contributed by atoms with van der Waals surface area (Å²) in [7, 11) is 1.67. The van der Waals surface area contributed by atoms with Crippen LogP contribution in [0.1, 0.15) is 25.8 Å². The van der Waals surface area contributed by atoms with Crippen molar-refractivity contribution in [3.05, 3.63) is 29.8 Å². The molecule has 3 N–H and O–H groups in total. The quantitative estimate of drug-likeness (QED) is 0.803. The summed E-state index contributed by atoms with van der Waals surface area (Å²) in [5.74, 6) is 0.0337. The first-order valence-corrected chi connectivity index (χ1v) is 6.41. The van der Waals surface area contributed by atoms with Gasteiger partial charge in [-0.05, 0) is 31.0 Å². The predicted octanol–water partition coefficient (Wildman–Crippen LogP) is 1.50. The van der Waals surface area contributed by atoms with Gasteiger partial charge in [0.1, 0.15) is 6.04 Å². The molecule has 0 radical (unpaired) electrons. The highest BCUT2D eigenvalue weighted by molar-refractivity contribution is 5.84. The number of benzene rings is 1. The second-order valence-electron chi connectivity index (χ2n) is 4.35. The fourth-order valence-corrected chi connectivity index (χ4v) is 1.96. The van der Waals surface area contributed by atoms with Gasteiger partial charge in [-0.3, -0.25) is 4.79 Å². The lowest BCUT2D eigenvalue weighted by Crippen LogP contribution is -2.44. The normalized spacial score (nSPS) is 12.0. The minimum Gasteiger partial charge on any atom is -0.360 e. The van der Waals surface area contributed by atoms with Crippen LogP contribution in [0.15, 0.2) is 24.3 Å². The van der Waals surface area contributed by atoms with Gasteiger partial charge < -0.3 is 16.0 Å². The Morgan fingerprint density at radius 2 is 2.00 bits per heavy atom. The molecular formula is C14H23N3O. The van der Waals surface area contributed by atoms with Crippen molar-refractivity contribution in [2.45, 2.75) is 32.9 Å². The van der Waals surface area contributed by atoms with Crippen molar-refractivity contribution in [1.82, 2.24) is 5.32 Å². The monoisotopic (exact) mass is 249 g/mol. The molecule has 1 rings (SSSR count). The Hall–Kier alpha value is -1.55. The maximum atomic E-state index is 11.8. The molecule has 1 amide bonds. The maximum Gasteiger partial charge on any atom is 0.242 e. The summed E-state index contributed by atoms with van der Waals surface area (Å²) in [6.07, 6.45) is 1.000. The van der Waals surface area contributed by atoms with Gasteiger partial charge >= 0.3 is 0 Å². The maximum absolute atomic E-state index is 11.8. The fraction of sp³-hybridized carbons (Fsp3) is 0.500. The Morgan fingerprint density at radius 3 is 2.44 bits per heavy atom. The zero-order chi connectivity index (χ0) is 13.5. The van der Waals surface area contributed by atoms with E-state index in [2.05, 4.69) is 17.1 Å². The molecule has 0 saturated carbocycles.